The summed E-state index contributed by atoms with van der Waals surface area (Å²) in [5.41, 5.74) is 0.629. The van der Waals surface area contributed by atoms with Crippen molar-refractivity contribution in [3.05, 3.63) is 51.7 Å². The molecule has 1 atom stereocenters. The van der Waals surface area contributed by atoms with E-state index < -0.39 is 5.97 Å². The molecule has 0 fully saturated rings. The molecule has 0 spiro atoms. The standard InChI is InChI=1S/C16H17NO4S/c1-10-5-3-6-12(15(10)19)16(20)21-9-14(18)17-11(2)13-7-4-8-22-13/h3-8,11,19H,9H2,1-2H3,(H,17,18)/t11-/m0/s1. The van der Waals surface area contributed by atoms with Crippen molar-refractivity contribution in [3.8, 4) is 5.75 Å². The number of nitrogens with one attached hydrogen (secondary N) is 1. The van der Waals surface area contributed by atoms with Crippen LogP contribution in [0.4, 0.5) is 0 Å². The lowest BCUT2D eigenvalue weighted by atomic mass is 10.1. The summed E-state index contributed by atoms with van der Waals surface area (Å²) in [6.07, 6.45) is 0. The Morgan fingerprint density at radius 1 is 1.32 bits per heavy atom. The van der Waals surface area contributed by atoms with Gasteiger partial charge in [-0.15, -0.1) is 11.3 Å². The highest BCUT2D eigenvalue weighted by molar-refractivity contribution is 7.10. The van der Waals surface area contributed by atoms with Crippen molar-refractivity contribution >= 4 is 23.2 Å². The molecule has 0 unspecified atom stereocenters. The lowest BCUT2D eigenvalue weighted by Crippen LogP contribution is -2.30. The Labute approximate surface area is 132 Å². The van der Waals surface area contributed by atoms with E-state index in [9.17, 15) is 14.7 Å². The summed E-state index contributed by atoms with van der Waals surface area (Å²) in [6.45, 7) is 3.15. The molecule has 5 nitrogen and oxygen atoms in total. The molecule has 0 aliphatic heterocycles. The van der Waals surface area contributed by atoms with Gasteiger partial charge in [0.1, 0.15) is 11.3 Å². The molecular formula is C16H17NO4S. The van der Waals surface area contributed by atoms with Crippen molar-refractivity contribution in [2.24, 2.45) is 0 Å². The number of rotatable bonds is 5. The van der Waals surface area contributed by atoms with Crippen molar-refractivity contribution in [2.75, 3.05) is 6.61 Å². The average Bonchev–Trinajstić information content (AvgIpc) is 3.02. The summed E-state index contributed by atoms with van der Waals surface area (Å²) >= 11 is 1.54. The monoisotopic (exact) mass is 319 g/mol. The van der Waals surface area contributed by atoms with E-state index in [0.717, 1.165) is 4.88 Å². The predicted octanol–water partition coefficient (Wildman–Crippen LogP) is 2.80. The number of aromatic hydroxyl groups is 1. The summed E-state index contributed by atoms with van der Waals surface area (Å²) in [5.74, 6) is -1.23. The molecule has 0 aliphatic rings. The highest BCUT2D eigenvalue weighted by Crippen LogP contribution is 2.22. The van der Waals surface area contributed by atoms with Gasteiger partial charge in [-0.1, -0.05) is 18.2 Å². The summed E-state index contributed by atoms with van der Waals surface area (Å²) < 4.78 is 4.94. The van der Waals surface area contributed by atoms with Crippen molar-refractivity contribution in [2.45, 2.75) is 19.9 Å². The molecule has 116 valence electrons. The summed E-state index contributed by atoms with van der Waals surface area (Å²) in [6, 6.07) is 8.47. The van der Waals surface area contributed by atoms with Gasteiger partial charge in [0, 0.05) is 4.88 Å². The van der Waals surface area contributed by atoms with Gasteiger partial charge in [0.2, 0.25) is 0 Å². The second kappa shape index (κ2) is 7.09. The SMILES string of the molecule is Cc1cccc(C(=O)OCC(=O)N[C@@H](C)c2cccs2)c1O. The Bertz CT molecular complexity index is 667. The van der Waals surface area contributed by atoms with Gasteiger partial charge >= 0.3 is 5.97 Å². The van der Waals surface area contributed by atoms with Gasteiger partial charge in [-0.3, -0.25) is 4.79 Å². The largest absolute Gasteiger partial charge is 0.507 e. The average molecular weight is 319 g/mol. The third-order valence-electron chi connectivity index (χ3n) is 3.14. The first-order chi connectivity index (χ1) is 10.5. The van der Waals surface area contributed by atoms with E-state index in [1.807, 2.05) is 24.4 Å². The van der Waals surface area contributed by atoms with E-state index in [1.54, 1.807) is 30.4 Å². The molecule has 22 heavy (non-hydrogen) atoms. The van der Waals surface area contributed by atoms with Crippen LogP contribution in [0.2, 0.25) is 0 Å². The van der Waals surface area contributed by atoms with Gasteiger partial charge in [0.25, 0.3) is 5.91 Å². The van der Waals surface area contributed by atoms with Crippen molar-refractivity contribution in [1.29, 1.82) is 0 Å². The number of benzene rings is 1. The Balaban J connectivity index is 1.88. The van der Waals surface area contributed by atoms with Crippen molar-refractivity contribution in [3.63, 3.8) is 0 Å². The van der Waals surface area contributed by atoms with E-state index in [-0.39, 0.29) is 29.9 Å². The highest BCUT2D eigenvalue weighted by Gasteiger charge is 2.16. The molecule has 2 N–H and O–H groups in total. The van der Waals surface area contributed by atoms with Crippen LogP contribution in [-0.2, 0) is 9.53 Å². The third kappa shape index (κ3) is 3.85. The number of hydrogen-bond acceptors (Lipinski definition) is 5. The van der Waals surface area contributed by atoms with Gasteiger partial charge in [-0.25, -0.2) is 4.79 Å². The number of aryl methyl sites for hydroxylation is 1. The minimum atomic E-state index is -0.722. The van der Waals surface area contributed by atoms with E-state index in [4.69, 9.17) is 4.74 Å². The van der Waals surface area contributed by atoms with Gasteiger partial charge in [0.05, 0.1) is 6.04 Å². The summed E-state index contributed by atoms with van der Waals surface area (Å²) in [7, 11) is 0. The number of phenolic OH excluding ortho intramolecular Hbond substituents is 1. The van der Waals surface area contributed by atoms with Gasteiger partial charge in [-0.05, 0) is 36.9 Å². The van der Waals surface area contributed by atoms with Crippen LogP contribution in [0.1, 0.15) is 33.8 Å². The van der Waals surface area contributed by atoms with E-state index in [2.05, 4.69) is 5.32 Å². The number of para-hydroxylation sites is 1. The quantitative estimate of drug-likeness (QED) is 0.831. The first kappa shape index (κ1) is 16.0. The fraction of sp³-hybridized carbons (Fsp3) is 0.250. The van der Waals surface area contributed by atoms with Crippen LogP contribution < -0.4 is 5.32 Å². The van der Waals surface area contributed by atoms with Gasteiger partial charge < -0.3 is 15.2 Å². The maximum Gasteiger partial charge on any atom is 0.342 e. The lowest BCUT2D eigenvalue weighted by molar-refractivity contribution is -0.124. The zero-order chi connectivity index (χ0) is 16.1. The van der Waals surface area contributed by atoms with Crippen LogP contribution in [0.5, 0.6) is 5.75 Å². The maximum atomic E-state index is 11.9. The number of thiophene rings is 1. The molecule has 0 bridgehead atoms. The predicted molar refractivity (Wildman–Crippen MR) is 84.0 cm³/mol. The van der Waals surface area contributed by atoms with Crippen LogP contribution in [0, 0.1) is 6.92 Å². The van der Waals surface area contributed by atoms with Gasteiger partial charge in [0.15, 0.2) is 6.61 Å². The first-order valence-electron chi connectivity index (χ1n) is 6.77. The van der Waals surface area contributed by atoms with Crippen molar-refractivity contribution < 1.29 is 19.4 Å². The molecule has 0 aliphatic carbocycles. The first-order valence-corrected chi connectivity index (χ1v) is 7.65. The normalized spacial score (nSPS) is 11.7. The minimum Gasteiger partial charge on any atom is -0.507 e. The Hall–Kier alpha value is -2.34. The Kier molecular flexibility index (Phi) is 5.16. The number of amides is 1. The fourth-order valence-corrected chi connectivity index (χ4v) is 2.66. The van der Waals surface area contributed by atoms with Crippen LogP contribution in [0.25, 0.3) is 0 Å². The zero-order valence-electron chi connectivity index (χ0n) is 12.3. The summed E-state index contributed by atoms with van der Waals surface area (Å²) in [5, 5.41) is 14.5. The molecule has 1 heterocycles. The van der Waals surface area contributed by atoms with Crippen LogP contribution in [0.3, 0.4) is 0 Å². The van der Waals surface area contributed by atoms with E-state index >= 15 is 0 Å². The molecule has 0 saturated heterocycles. The maximum absolute atomic E-state index is 11.9. The number of carbonyl (C=O) groups is 2. The van der Waals surface area contributed by atoms with Crippen molar-refractivity contribution in [1.82, 2.24) is 5.32 Å². The zero-order valence-corrected chi connectivity index (χ0v) is 13.1. The number of ether oxygens (including phenoxy) is 1. The molecule has 0 radical (unpaired) electrons. The Morgan fingerprint density at radius 3 is 2.77 bits per heavy atom. The molecule has 2 aromatic rings. The highest BCUT2D eigenvalue weighted by atomic mass is 32.1. The molecule has 1 aromatic carbocycles. The van der Waals surface area contributed by atoms with Crippen LogP contribution in [-0.4, -0.2) is 23.6 Å². The second-order valence-electron chi connectivity index (χ2n) is 4.85. The molecule has 0 saturated carbocycles. The lowest BCUT2D eigenvalue weighted by Gasteiger charge is -2.12. The number of hydrogen-bond donors (Lipinski definition) is 2. The minimum absolute atomic E-state index is 0.0547. The molecule has 1 amide bonds. The number of esters is 1. The topological polar surface area (TPSA) is 75.6 Å². The number of phenols is 1. The molecule has 1 aromatic heterocycles. The van der Waals surface area contributed by atoms with Gasteiger partial charge in [-0.2, -0.15) is 0 Å². The Morgan fingerprint density at radius 2 is 2.09 bits per heavy atom. The molecule has 2 rings (SSSR count). The fourth-order valence-electron chi connectivity index (χ4n) is 1.92. The van der Waals surface area contributed by atoms with Crippen LogP contribution >= 0.6 is 11.3 Å². The molecular weight excluding hydrogens is 302 g/mol. The van der Waals surface area contributed by atoms with E-state index in [0.29, 0.717) is 5.56 Å². The molecule has 6 heteroatoms. The summed E-state index contributed by atoms with van der Waals surface area (Å²) in [4.78, 5) is 24.7. The second-order valence-corrected chi connectivity index (χ2v) is 5.83. The smallest absolute Gasteiger partial charge is 0.342 e. The third-order valence-corrected chi connectivity index (χ3v) is 4.19. The number of carbonyl (C=O) groups excluding carboxylic acids is 2. The van der Waals surface area contributed by atoms with E-state index in [1.165, 1.54) is 6.07 Å². The van der Waals surface area contributed by atoms with Crippen LogP contribution in [0.15, 0.2) is 35.7 Å².